The van der Waals surface area contributed by atoms with Gasteiger partial charge in [-0.3, -0.25) is 9.69 Å². The van der Waals surface area contributed by atoms with Crippen LogP contribution in [0.1, 0.15) is 12.1 Å². The van der Waals surface area contributed by atoms with E-state index in [-0.39, 0.29) is 17.3 Å². The van der Waals surface area contributed by atoms with Crippen molar-refractivity contribution in [3.63, 3.8) is 0 Å². The normalized spacial score (nSPS) is 18.0. The van der Waals surface area contributed by atoms with Crippen LogP contribution >= 0.6 is 0 Å². The molecule has 1 fully saturated rings. The summed E-state index contributed by atoms with van der Waals surface area (Å²) in [6.45, 7) is 2.32. The molecule has 6 heteroatoms. The molecule has 0 spiro atoms. The number of nitrogens with one attached hydrogen (secondary N) is 1. The Hall–Kier alpha value is -2.47. The molecule has 0 saturated carbocycles. The average molecular weight is 316 g/mol. The van der Waals surface area contributed by atoms with Gasteiger partial charge in [-0.25, -0.2) is 0 Å². The first kappa shape index (κ1) is 15.4. The molecule has 1 aliphatic heterocycles. The van der Waals surface area contributed by atoms with Crippen molar-refractivity contribution < 1.29 is 14.6 Å². The molecule has 3 rings (SSSR count). The number of likely N-dealkylation sites (tertiary alicyclic amines) is 1. The van der Waals surface area contributed by atoms with E-state index in [2.05, 4.69) is 9.88 Å². The minimum atomic E-state index is -0.359. The molecule has 2 aromatic rings. The Morgan fingerprint density at radius 3 is 2.96 bits per heavy atom. The first-order chi connectivity index (χ1) is 11.1. The van der Waals surface area contributed by atoms with Crippen molar-refractivity contribution in [2.45, 2.75) is 19.1 Å². The van der Waals surface area contributed by atoms with Gasteiger partial charge in [0.25, 0.3) is 0 Å². The predicted molar refractivity (Wildman–Crippen MR) is 86.0 cm³/mol. The van der Waals surface area contributed by atoms with Crippen LogP contribution in [0, 0.1) is 0 Å². The van der Waals surface area contributed by atoms with Crippen LogP contribution in [0.25, 0.3) is 0 Å². The third-order valence-corrected chi connectivity index (χ3v) is 3.92. The van der Waals surface area contributed by atoms with Gasteiger partial charge in [0.2, 0.25) is 5.43 Å². The van der Waals surface area contributed by atoms with E-state index in [1.54, 1.807) is 7.11 Å². The molecule has 23 heavy (non-hydrogen) atoms. The van der Waals surface area contributed by atoms with Gasteiger partial charge in [-0.05, 0) is 18.6 Å². The maximum atomic E-state index is 11.5. The maximum absolute atomic E-state index is 11.5. The number of aromatic hydroxyl groups is 1. The largest absolute Gasteiger partial charge is 0.503 e. The number of H-pyrrole nitrogens is 1. The minimum Gasteiger partial charge on any atom is -0.503 e. The zero-order valence-corrected chi connectivity index (χ0v) is 13.0. The van der Waals surface area contributed by atoms with Crippen LogP contribution in [-0.4, -0.2) is 41.3 Å². The van der Waals surface area contributed by atoms with Crippen molar-refractivity contribution in [3.8, 4) is 17.2 Å². The van der Waals surface area contributed by atoms with Crippen LogP contribution in [0.4, 0.5) is 0 Å². The second-order valence-corrected chi connectivity index (χ2v) is 5.65. The van der Waals surface area contributed by atoms with Gasteiger partial charge < -0.3 is 19.6 Å². The highest BCUT2D eigenvalue weighted by molar-refractivity contribution is 5.33. The number of aromatic nitrogens is 1. The number of ether oxygens (including phenoxy) is 2. The van der Waals surface area contributed by atoms with E-state index in [9.17, 15) is 9.90 Å². The van der Waals surface area contributed by atoms with E-state index >= 15 is 0 Å². The van der Waals surface area contributed by atoms with Gasteiger partial charge in [-0.2, -0.15) is 0 Å². The Morgan fingerprint density at radius 2 is 2.17 bits per heavy atom. The van der Waals surface area contributed by atoms with Crippen molar-refractivity contribution in [1.29, 1.82) is 0 Å². The van der Waals surface area contributed by atoms with Crippen LogP contribution in [-0.2, 0) is 6.54 Å². The molecule has 1 aromatic heterocycles. The summed E-state index contributed by atoms with van der Waals surface area (Å²) in [5.41, 5.74) is 0.428. The molecule has 122 valence electrons. The Morgan fingerprint density at radius 1 is 1.35 bits per heavy atom. The van der Waals surface area contributed by atoms with E-state index in [4.69, 9.17) is 9.47 Å². The summed E-state index contributed by atoms with van der Waals surface area (Å²) in [6, 6.07) is 9.02. The number of methoxy groups -OCH3 is 1. The summed E-state index contributed by atoms with van der Waals surface area (Å²) in [4.78, 5) is 16.6. The molecule has 0 radical (unpaired) electrons. The molecule has 1 unspecified atom stereocenters. The molecule has 6 nitrogen and oxygen atoms in total. The van der Waals surface area contributed by atoms with Crippen LogP contribution < -0.4 is 14.9 Å². The van der Waals surface area contributed by atoms with Crippen molar-refractivity contribution in [2.75, 3.05) is 20.2 Å². The first-order valence-electron chi connectivity index (χ1n) is 7.57. The molecule has 0 amide bonds. The molecule has 0 bridgehead atoms. The van der Waals surface area contributed by atoms with Gasteiger partial charge in [-0.1, -0.05) is 6.07 Å². The van der Waals surface area contributed by atoms with Crippen LogP contribution in [0.15, 0.2) is 41.3 Å². The monoisotopic (exact) mass is 316 g/mol. The lowest BCUT2D eigenvalue weighted by Crippen LogP contribution is -2.25. The zero-order chi connectivity index (χ0) is 16.2. The standard InChI is InChI=1S/C17H20N2O4/c1-22-13-3-2-4-14(8-13)23-15-5-6-19(11-15)10-12-7-16(20)17(21)9-18-12/h2-4,7-9,15,21H,5-6,10-11H2,1H3,(H,18,20). The summed E-state index contributed by atoms with van der Waals surface area (Å²) in [6.07, 6.45) is 2.38. The van der Waals surface area contributed by atoms with E-state index in [0.717, 1.165) is 36.7 Å². The number of benzene rings is 1. The third kappa shape index (κ3) is 3.84. The number of pyridine rings is 1. The number of nitrogens with zero attached hydrogens (tertiary/aromatic N) is 1. The summed E-state index contributed by atoms with van der Waals surface area (Å²) in [5, 5.41) is 9.27. The van der Waals surface area contributed by atoms with Crippen LogP contribution in [0.3, 0.4) is 0 Å². The third-order valence-electron chi connectivity index (χ3n) is 3.92. The summed E-state index contributed by atoms with van der Waals surface area (Å²) in [5.74, 6) is 1.32. The summed E-state index contributed by atoms with van der Waals surface area (Å²) < 4.78 is 11.2. The van der Waals surface area contributed by atoms with Crippen molar-refractivity contribution in [3.05, 3.63) is 52.4 Å². The highest BCUT2D eigenvalue weighted by Crippen LogP contribution is 2.23. The van der Waals surface area contributed by atoms with Crippen molar-refractivity contribution in [1.82, 2.24) is 9.88 Å². The Bertz CT molecular complexity index is 729. The highest BCUT2D eigenvalue weighted by atomic mass is 16.5. The van der Waals surface area contributed by atoms with Gasteiger partial charge in [0.05, 0.1) is 7.11 Å². The van der Waals surface area contributed by atoms with Crippen LogP contribution in [0.2, 0.25) is 0 Å². The first-order valence-corrected chi connectivity index (χ1v) is 7.57. The zero-order valence-electron chi connectivity index (χ0n) is 13.0. The van der Waals surface area contributed by atoms with Gasteiger partial charge in [0.1, 0.15) is 17.6 Å². The molecule has 1 saturated heterocycles. The number of rotatable bonds is 5. The van der Waals surface area contributed by atoms with Crippen LogP contribution in [0.5, 0.6) is 17.2 Å². The van der Waals surface area contributed by atoms with Gasteiger partial charge in [0, 0.05) is 43.7 Å². The highest BCUT2D eigenvalue weighted by Gasteiger charge is 2.24. The lowest BCUT2D eigenvalue weighted by Gasteiger charge is -2.17. The van der Waals surface area contributed by atoms with Gasteiger partial charge in [0.15, 0.2) is 5.75 Å². The topological polar surface area (TPSA) is 74.8 Å². The molecular formula is C17H20N2O4. The van der Waals surface area contributed by atoms with E-state index in [1.807, 2.05) is 24.3 Å². The molecule has 2 heterocycles. The Labute approximate surface area is 134 Å². The second kappa shape index (κ2) is 6.75. The molecule has 1 aromatic carbocycles. The fourth-order valence-electron chi connectivity index (χ4n) is 2.74. The molecule has 1 aliphatic rings. The fourth-order valence-corrected chi connectivity index (χ4v) is 2.74. The van der Waals surface area contributed by atoms with E-state index in [0.29, 0.717) is 6.54 Å². The minimum absolute atomic E-state index is 0.117. The Kier molecular flexibility index (Phi) is 4.52. The fraction of sp³-hybridized carbons (Fsp3) is 0.353. The van der Waals surface area contributed by atoms with Crippen molar-refractivity contribution >= 4 is 0 Å². The molecular weight excluding hydrogens is 296 g/mol. The van der Waals surface area contributed by atoms with Crippen molar-refractivity contribution in [2.24, 2.45) is 0 Å². The smallest absolute Gasteiger partial charge is 0.223 e. The molecule has 0 aliphatic carbocycles. The maximum Gasteiger partial charge on any atom is 0.223 e. The van der Waals surface area contributed by atoms with E-state index < -0.39 is 0 Å². The predicted octanol–water partition coefficient (Wildman–Crippen LogP) is 1.74. The lowest BCUT2D eigenvalue weighted by molar-refractivity contribution is 0.197. The lowest BCUT2D eigenvalue weighted by atomic mass is 10.3. The van der Waals surface area contributed by atoms with E-state index in [1.165, 1.54) is 12.3 Å². The number of hydrogen-bond acceptors (Lipinski definition) is 5. The van der Waals surface area contributed by atoms with Gasteiger partial charge in [-0.15, -0.1) is 0 Å². The summed E-state index contributed by atoms with van der Waals surface area (Å²) in [7, 11) is 1.63. The Balaban J connectivity index is 1.57. The molecule has 1 atom stereocenters. The quantitative estimate of drug-likeness (QED) is 0.879. The number of aromatic amines is 1. The second-order valence-electron chi connectivity index (χ2n) is 5.65. The SMILES string of the molecule is COc1cccc(OC2CCN(Cc3cc(=O)c(O)c[nH]3)C2)c1. The summed E-state index contributed by atoms with van der Waals surface area (Å²) >= 11 is 0. The number of hydrogen-bond donors (Lipinski definition) is 2. The van der Waals surface area contributed by atoms with Gasteiger partial charge >= 0.3 is 0 Å². The average Bonchev–Trinajstić information content (AvgIpc) is 2.98. The molecule has 2 N–H and O–H groups in total.